The number of hydrazone groups is 1. The largest absolute Gasteiger partial charge is 0.496 e. The molecule has 21 heavy (non-hydrogen) atoms. The Morgan fingerprint density at radius 2 is 2.05 bits per heavy atom. The first-order chi connectivity index (χ1) is 10.1. The summed E-state index contributed by atoms with van der Waals surface area (Å²) in [7, 11) is 1.59. The first kappa shape index (κ1) is 15.3. The highest BCUT2D eigenvalue weighted by Gasteiger charge is 2.06. The second kappa shape index (κ2) is 7.04. The van der Waals surface area contributed by atoms with Crippen LogP contribution in [0.1, 0.15) is 21.5 Å². The van der Waals surface area contributed by atoms with Crippen LogP contribution in [0.2, 0.25) is 0 Å². The van der Waals surface area contributed by atoms with E-state index < -0.39 is 0 Å². The molecule has 0 heterocycles. The van der Waals surface area contributed by atoms with Gasteiger partial charge in [0.1, 0.15) is 5.75 Å². The van der Waals surface area contributed by atoms with Gasteiger partial charge in [-0.15, -0.1) is 0 Å². The summed E-state index contributed by atoms with van der Waals surface area (Å²) in [4.78, 5) is 12.0. The minimum absolute atomic E-state index is 0.238. The van der Waals surface area contributed by atoms with Gasteiger partial charge >= 0.3 is 0 Å². The smallest absolute Gasteiger partial charge is 0.271 e. The Labute approximate surface area is 132 Å². The van der Waals surface area contributed by atoms with Gasteiger partial charge in [-0.05, 0) is 36.8 Å². The number of methoxy groups -OCH3 is 1. The lowest BCUT2D eigenvalue weighted by Gasteiger charge is -2.05. The third-order valence-electron chi connectivity index (χ3n) is 2.95. The van der Waals surface area contributed by atoms with Gasteiger partial charge in [0.2, 0.25) is 0 Å². The average molecular weight is 347 g/mol. The van der Waals surface area contributed by atoms with E-state index >= 15 is 0 Å². The summed E-state index contributed by atoms with van der Waals surface area (Å²) in [5.74, 6) is 0.449. The van der Waals surface area contributed by atoms with E-state index in [2.05, 4.69) is 26.5 Å². The number of hydrogen-bond donors (Lipinski definition) is 1. The minimum atomic E-state index is -0.238. The van der Waals surface area contributed by atoms with Crippen molar-refractivity contribution in [1.82, 2.24) is 5.43 Å². The summed E-state index contributed by atoms with van der Waals surface area (Å²) in [5.41, 5.74) is 4.81. The Bertz CT molecular complexity index is 684. The Morgan fingerprint density at radius 1 is 1.29 bits per heavy atom. The summed E-state index contributed by atoms with van der Waals surface area (Å²) in [6, 6.07) is 12.9. The number of benzene rings is 2. The van der Waals surface area contributed by atoms with E-state index in [1.807, 2.05) is 43.3 Å². The molecule has 5 heteroatoms. The number of aryl methyl sites for hydroxylation is 1. The molecule has 4 nitrogen and oxygen atoms in total. The first-order valence-electron chi connectivity index (χ1n) is 6.34. The van der Waals surface area contributed by atoms with Crippen molar-refractivity contribution < 1.29 is 9.53 Å². The fourth-order valence-electron chi connectivity index (χ4n) is 1.85. The van der Waals surface area contributed by atoms with Crippen molar-refractivity contribution >= 4 is 28.1 Å². The number of carbonyl (C=O) groups excluding carboxylic acids is 1. The van der Waals surface area contributed by atoms with Gasteiger partial charge in [0, 0.05) is 15.6 Å². The molecule has 2 rings (SSSR count). The Hall–Kier alpha value is -2.14. The number of ether oxygens (including phenoxy) is 1. The van der Waals surface area contributed by atoms with E-state index in [9.17, 15) is 4.79 Å². The predicted octanol–water partition coefficient (Wildman–Crippen LogP) is 3.53. The summed E-state index contributed by atoms with van der Waals surface area (Å²) >= 11 is 3.39. The van der Waals surface area contributed by atoms with Crippen LogP contribution in [-0.2, 0) is 0 Å². The van der Waals surface area contributed by atoms with Crippen molar-refractivity contribution in [1.29, 1.82) is 0 Å². The molecular weight excluding hydrogens is 332 g/mol. The van der Waals surface area contributed by atoms with Crippen LogP contribution >= 0.6 is 15.9 Å². The molecule has 0 unspecified atom stereocenters. The van der Waals surface area contributed by atoms with Crippen LogP contribution in [0.5, 0.6) is 5.75 Å². The van der Waals surface area contributed by atoms with Crippen LogP contribution in [0.4, 0.5) is 0 Å². The highest BCUT2D eigenvalue weighted by atomic mass is 79.9. The molecule has 0 saturated carbocycles. The van der Waals surface area contributed by atoms with E-state index in [0.29, 0.717) is 11.3 Å². The molecule has 0 saturated heterocycles. The lowest BCUT2D eigenvalue weighted by Crippen LogP contribution is -2.18. The number of nitrogens with zero attached hydrogens (tertiary/aromatic N) is 1. The second-order valence-electron chi connectivity index (χ2n) is 4.40. The average Bonchev–Trinajstić information content (AvgIpc) is 2.48. The third-order valence-corrected chi connectivity index (χ3v) is 3.44. The maximum absolute atomic E-state index is 12.0. The van der Waals surface area contributed by atoms with Gasteiger partial charge in [0.15, 0.2) is 0 Å². The normalized spacial score (nSPS) is 10.6. The summed E-state index contributed by atoms with van der Waals surface area (Å²) in [6.45, 7) is 1.88. The quantitative estimate of drug-likeness (QED) is 0.680. The molecule has 0 spiro atoms. The molecular formula is C16H15BrN2O2. The molecule has 0 aliphatic rings. The van der Waals surface area contributed by atoms with E-state index in [0.717, 1.165) is 15.6 Å². The van der Waals surface area contributed by atoms with Crippen molar-refractivity contribution in [3.63, 3.8) is 0 Å². The molecule has 0 aromatic heterocycles. The summed E-state index contributed by atoms with van der Waals surface area (Å²) in [6.07, 6.45) is 1.56. The van der Waals surface area contributed by atoms with Crippen LogP contribution in [0.3, 0.4) is 0 Å². The number of rotatable bonds is 4. The van der Waals surface area contributed by atoms with Gasteiger partial charge in [-0.1, -0.05) is 34.1 Å². The van der Waals surface area contributed by atoms with Crippen LogP contribution in [0.25, 0.3) is 0 Å². The number of nitrogens with one attached hydrogen (secondary N) is 1. The van der Waals surface area contributed by atoms with E-state index in [1.165, 1.54) is 0 Å². The van der Waals surface area contributed by atoms with Crippen molar-refractivity contribution in [2.45, 2.75) is 6.92 Å². The van der Waals surface area contributed by atoms with Gasteiger partial charge in [-0.25, -0.2) is 5.43 Å². The molecule has 1 N–H and O–H groups in total. The van der Waals surface area contributed by atoms with E-state index in [4.69, 9.17) is 4.74 Å². The SMILES string of the molecule is COc1ccc(Br)cc1/C=N\NC(=O)c1ccccc1C. The van der Waals surface area contributed by atoms with Gasteiger partial charge < -0.3 is 4.74 Å². The van der Waals surface area contributed by atoms with Crippen LogP contribution < -0.4 is 10.2 Å². The molecule has 0 aliphatic heterocycles. The standard InChI is InChI=1S/C16H15BrN2O2/c1-11-5-3-4-6-14(11)16(20)19-18-10-12-9-13(17)7-8-15(12)21-2/h3-10H,1-2H3,(H,19,20)/b18-10-. The zero-order valence-electron chi connectivity index (χ0n) is 11.8. The van der Waals surface area contributed by atoms with Crippen molar-refractivity contribution in [3.8, 4) is 5.75 Å². The van der Waals surface area contributed by atoms with Crippen molar-refractivity contribution in [3.05, 3.63) is 63.6 Å². The third kappa shape index (κ3) is 3.92. The highest BCUT2D eigenvalue weighted by molar-refractivity contribution is 9.10. The van der Waals surface area contributed by atoms with Crippen molar-refractivity contribution in [2.75, 3.05) is 7.11 Å². The fraction of sp³-hybridized carbons (Fsp3) is 0.125. The summed E-state index contributed by atoms with van der Waals surface area (Å²) in [5, 5.41) is 3.98. The molecule has 0 fully saturated rings. The van der Waals surface area contributed by atoms with Crippen molar-refractivity contribution in [2.24, 2.45) is 5.10 Å². The van der Waals surface area contributed by atoms with Crippen LogP contribution in [0, 0.1) is 6.92 Å². The molecule has 1 amide bonds. The zero-order chi connectivity index (χ0) is 15.2. The molecule has 108 valence electrons. The number of halogens is 1. The Balaban J connectivity index is 2.11. The van der Waals surface area contributed by atoms with Crippen LogP contribution in [0.15, 0.2) is 52.0 Å². The number of carbonyl (C=O) groups is 1. The van der Waals surface area contributed by atoms with Gasteiger partial charge in [-0.3, -0.25) is 4.79 Å². The van der Waals surface area contributed by atoms with Gasteiger partial charge in [0.05, 0.1) is 13.3 Å². The molecule has 2 aromatic rings. The maximum atomic E-state index is 12.0. The molecule has 0 radical (unpaired) electrons. The summed E-state index contributed by atoms with van der Waals surface area (Å²) < 4.78 is 6.15. The second-order valence-corrected chi connectivity index (χ2v) is 5.32. The van der Waals surface area contributed by atoms with E-state index in [1.54, 1.807) is 19.4 Å². The molecule has 0 aliphatic carbocycles. The van der Waals surface area contributed by atoms with E-state index in [-0.39, 0.29) is 5.91 Å². The Kier molecular flexibility index (Phi) is 5.11. The lowest BCUT2D eigenvalue weighted by atomic mass is 10.1. The number of amides is 1. The molecule has 0 atom stereocenters. The first-order valence-corrected chi connectivity index (χ1v) is 7.13. The fourth-order valence-corrected chi connectivity index (χ4v) is 2.23. The van der Waals surface area contributed by atoms with Gasteiger partial charge in [0.25, 0.3) is 5.91 Å². The Morgan fingerprint density at radius 3 is 2.76 bits per heavy atom. The maximum Gasteiger partial charge on any atom is 0.271 e. The highest BCUT2D eigenvalue weighted by Crippen LogP contribution is 2.21. The topological polar surface area (TPSA) is 50.7 Å². The van der Waals surface area contributed by atoms with Gasteiger partial charge in [-0.2, -0.15) is 5.10 Å². The lowest BCUT2D eigenvalue weighted by molar-refractivity contribution is 0.0954. The monoisotopic (exact) mass is 346 g/mol. The zero-order valence-corrected chi connectivity index (χ0v) is 13.3. The molecule has 0 bridgehead atoms. The minimum Gasteiger partial charge on any atom is -0.496 e. The number of hydrogen-bond acceptors (Lipinski definition) is 3. The molecule has 2 aromatic carbocycles. The van der Waals surface area contributed by atoms with Crippen LogP contribution in [-0.4, -0.2) is 19.2 Å². The predicted molar refractivity (Wildman–Crippen MR) is 86.9 cm³/mol.